The first-order chi connectivity index (χ1) is 13.8. The van der Waals surface area contributed by atoms with Gasteiger partial charge in [0.25, 0.3) is 0 Å². The lowest BCUT2D eigenvalue weighted by molar-refractivity contribution is -0.411. The molecule has 0 saturated carbocycles. The fourth-order valence-corrected chi connectivity index (χ4v) is 1.77. The summed E-state index contributed by atoms with van der Waals surface area (Å²) in [5.41, 5.74) is -2.96. The second-order valence-electron chi connectivity index (χ2n) is 5.52. The van der Waals surface area contributed by atoms with Crippen LogP contribution in [0.5, 0.6) is 11.5 Å². The predicted molar refractivity (Wildman–Crippen MR) is 64.6 cm³/mol. The molecule has 0 atom stereocenters. The van der Waals surface area contributed by atoms with E-state index in [0.717, 1.165) is 0 Å². The van der Waals surface area contributed by atoms with Gasteiger partial charge in [-0.1, -0.05) is 6.07 Å². The first-order valence-electron chi connectivity index (χ1n) is 7.02. The largest absolute Gasteiger partial charge is 0.470 e. The molecule has 0 unspecified atom stereocenters. The maximum atomic E-state index is 13.7. The summed E-state index contributed by atoms with van der Waals surface area (Å²) < 4.78 is 222. The minimum absolute atomic E-state index is 0.195. The van der Waals surface area contributed by atoms with Crippen molar-refractivity contribution < 1.29 is 84.1 Å². The van der Waals surface area contributed by atoms with Crippen molar-refractivity contribution >= 4 is 0 Å². The van der Waals surface area contributed by atoms with E-state index >= 15 is 0 Å². The van der Waals surface area contributed by atoms with Gasteiger partial charge in [-0.2, -0.15) is 74.6 Å². The van der Waals surface area contributed by atoms with Crippen molar-refractivity contribution in [1.82, 2.24) is 0 Å². The molecule has 32 heavy (non-hydrogen) atoms. The number of rotatable bonds is 4. The molecule has 0 heterocycles. The van der Waals surface area contributed by atoms with Gasteiger partial charge in [0.15, 0.2) is 11.5 Å². The molecule has 0 bridgehead atoms. The summed E-state index contributed by atoms with van der Waals surface area (Å²) in [4.78, 5) is 0. The molecule has 0 spiro atoms. The number of ether oxygens (including phenoxy) is 2. The van der Waals surface area contributed by atoms with E-state index in [1.54, 1.807) is 0 Å². The van der Waals surface area contributed by atoms with Gasteiger partial charge in [0.1, 0.15) is 5.56 Å². The fraction of sp³-hybridized carbons (Fsp3) is 0.538. The topological polar surface area (TPSA) is 18.5 Å². The highest BCUT2D eigenvalue weighted by Gasteiger charge is 2.78. The molecule has 1 aromatic carbocycles. The highest BCUT2D eigenvalue weighted by atomic mass is 19.4. The Kier molecular flexibility index (Phi) is 6.57. The second-order valence-corrected chi connectivity index (χ2v) is 5.52. The average Bonchev–Trinajstić information content (AvgIpc) is 2.50. The normalized spacial score (nSPS) is 15.0. The Labute approximate surface area is 163 Å². The smallest absolute Gasteiger partial charge is 0.440 e. The van der Waals surface area contributed by atoms with Gasteiger partial charge in [-0.15, -0.1) is 0 Å². The lowest BCUT2D eigenvalue weighted by atomic mass is 10.1. The molecule has 0 N–H and O–H groups in total. The van der Waals surface area contributed by atoms with E-state index in [0.29, 0.717) is 0 Å². The third kappa shape index (κ3) is 4.84. The molecule has 0 amide bonds. The molecule has 0 aromatic heterocycles. The number of hydrogen-bond acceptors (Lipinski definition) is 2. The summed E-state index contributed by atoms with van der Waals surface area (Å²) in [7, 11) is 0. The van der Waals surface area contributed by atoms with Crippen LogP contribution in [0.3, 0.4) is 0 Å². The Bertz CT molecular complexity index is 782. The molecular formula is C13H3F17O2. The van der Waals surface area contributed by atoms with Gasteiger partial charge < -0.3 is 9.47 Å². The van der Waals surface area contributed by atoms with Crippen LogP contribution in [0.2, 0.25) is 0 Å². The highest BCUT2D eigenvalue weighted by molar-refractivity contribution is 5.49. The minimum atomic E-state index is -7.28. The van der Waals surface area contributed by atoms with Crippen LogP contribution in [-0.2, 0) is 6.18 Å². The van der Waals surface area contributed by atoms with Gasteiger partial charge >= 0.3 is 42.6 Å². The van der Waals surface area contributed by atoms with Crippen LogP contribution in [0, 0.1) is 0 Å². The van der Waals surface area contributed by atoms with E-state index in [9.17, 15) is 74.6 Å². The Morgan fingerprint density at radius 1 is 0.469 bits per heavy atom. The van der Waals surface area contributed by atoms with Gasteiger partial charge in [-0.25, -0.2) is 0 Å². The molecule has 0 saturated heterocycles. The maximum Gasteiger partial charge on any atom is 0.470 e. The number of alkyl halides is 17. The number of hydrogen-bond donors (Lipinski definition) is 0. The zero-order valence-corrected chi connectivity index (χ0v) is 14.0. The summed E-state index contributed by atoms with van der Waals surface area (Å²) in [6.07, 6.45) is -35.1. The van der Waals surface area contributed by atoms with E-state index in [-0.39, 0.29) is 6.07 Å². The molecule has 0 fully saturated rings. The van der Waals surface area contributed by atoms with Crippen LogP contribution in [0.25, 0.3) is 0 Å². The first kappa shape index (κ1) is 27.7. The maximum absolute atomic E-state index is 13.7. The van der Waals surface area contributed by atoms with Crippen LogP contribution in [0.4, 0.5) is 74.6 Å². The number of benzene rings is 1. The van der Waals surface area contributed by atoms with Crippen LogP contribution >= 0.6 is 0 Å². The number of halogens is 17. The Hall–Kier alpha value is -2.37. The Morgan fingerprint density at radius 2 is 0.812 bits per heavy atom. The van der Waals surface area contributed by atoms with E-state index < -0.39 is 71.8 Å². The van der Waals surface area contributed by atoms with Gasteiger partial charge in [0.2, 0.25) is 0 Å². The van der Waals surface area contributed by atoms with Crippen molar-refractivity contribution in [3.05, 3.63) is 23.8 Å². The number of para-hydroxylation sites is 1. The molecule has 0 aliphatic heterocycles. The molecule has 2 nitrogen and oxygen atoms in total. The molecule has 186 valence electrons. The quantitative estimate of drug-likeness (QED) is 0.402. The van der Waals surface area contributed by atoms with Crippen molar-refractivity contribution in [3.63, 3.8) is 0 Å². The zero-order chi connectivity index (χ0) is 25.8. The summed E-state index contributed by atoms with van der Waals surface area (Å²) >= 11 is 0. The molecule has 0 aliphatic carbocycles. The Morgan fingerprint density at radius 3 is 1.12 bits per heavy atom. The van der Waals surface area contributed by atoms with Crippen LogP contribution in [0.15, 0.2) is 18.2 Å². The molecule has 0 aliphatic rings. The lowest BCUT2D eigenvalue weighted by Crippen LogP contribution is -2.58. The van der Waals surface area contributed by atoms with Gasteiger partial charge in [-0.05, 0) is 12.1 Å². The first-order valence-corrected chi connectivity index (χ1v) is 7.02. The van der Waals surface area contributed by atoms with E-state index in [1.807, 2.05) is 0 Å². The summed E-state index contributed by atoms with van der Waals surface area (Å²) in [5.74, 6) is -20.3. The van der Waals surface area contributed by atoms with Gasteiger partial charge in [-0.3, -0.25) is 0 Å². The monoisotopic (exact) mass is 514 g/mol. The summed E-state index contributed by atoms with van der Waals surface area (Å²) in [6.45, 7) is 0. The molecule has 19 heteroatoms. The van der Waals surface area contributed by atoms with Crippen molar-refractivity contribution in [2.75, 3.05) is 0 Å². The highest BCUT2D eigenvalue weighted by Crippen LogP contribution is 2.54. The van der Waals surface area contributed by atoms with E-state index in [4.69, 9.17) is 0 Å². The van der Waals surface area contributed by atoms with Crippen LogP contribution in [-0.4, -0.2) is 36.4 Å². The van der Waals surface area contributed by atoms with Crippen LogP contribution < -0.4 is 9.47 Å². The van der Waals surface area contributed by atoms with E-state index in [2.05, 4.69) is 9.47 Å². The molecule has 0 radical (unpaired) electrons. The van der Waals surface area contributed by atoms with Crippen molar-refractivity contribution in [2.45, 2.75) is 42.6 Å². The predicted octanol–water partition coefficient (Wildman–Crippen LogP) is 7.04. The third-order valence-electron chi connectivity index (χ3n) is 3.24. The van der Waals surface area contributed by atoms with Crippen LogP contribution in [0.1, 0.15) is 5.56 Å². The molecule has 1 rings (SSSR count). The van der Waals surface area contributed by atoms with Gasteiger partial charge in [0.05, 0.1) is 0 Å². The van der Waals surface area contributed by atoms with Gasteiger partial charge in [0, 0.05) is 0 Å². The lowest BCUT2D eigenvalue weighted by Gasteiger charge is -2.34. The third-order valence-corrected chi connectivity index (χ3v) is 3.24. The van der Waals surface area contributed by atoms with Crippen molar-refractivity contribution in [3.8, 4) is 11.5 Å². The standard InChI is InChI=1S/C13H3F17O2/c14-7(15,16)4-2-1-3-5(31-8(17,10(19,20)21)11(22,23)24)6(4)32-9(18,12(25,26)27)13(28,29)30/h1-3H. The summed E-state index contributed by atoms with van der Waals surface area (Å²) in [5, 5.41) is 0. The van der Waals surface area contributed by atoms with Crippen molar-refractivity contribution in [2.24, 2.45) is 0 Å². The Balaban J connectivity index is 3.90. The molecule has 1 aromatic rings. The van der Waals surface area contributed by atoms with E-state index in [1.165, 1.54) is 0 Å². The average molecular weight is 514 g/mol. The minimum Gasteiger partial charge on any atom is -0.440 e. The zero-order valence-electron chi connectivity index (χ0n) is 14.0. The SMILES string of the molecule is FC(F)(F)c1cccc(OC(F)(C(F)(F)F)C(F)(F)F)c1OC(F)(C(F)(F)F)C(F)(F)F. The second kappa shape index (κ2) is 7.60. The summed E-state index contributed by atoms with van der Waals surface area (Å²) in [6, 6.07) is -1.26. The fourth-order valence-electron chi connectivity index (χ4n) is 1.77. The van der Waals surface area contributed by atoms with Crippen molar-refractivity contribution in [1.29, 1.82) is 0 Å². The molecular weight excluding hydrogens is 511 g/mol.